The van der Waals surface area contributed by atoms with Gasteiger partial charge in [0, 0.05) is 25.4 Å². The first-order valence-electron chi connectivity index (χ1n) is 6.33. The number of nitrogen functional groups attached to an aromatic ring is 1. The molecule has 0 saturated heterocycles. The fourth-order valence-corrected chi connectivity index (χ4v) is 3.91. The fraction of sp³-hybridized carbons (Fsp3) is 0.538. The number of nitrogens with zero attached hydrogens (tertiary/aromatic N) is 1. The van der Waals surface area contributed by atoms with E-state index in [-0.39, 0.29) is 10.9 Å². The summed E-state index contributed by atoms with van der Waals surface area (Å²) in [5, 5.41) is 0. The van der Waals surface area contributed by atoms with Crippen molar-refractivity contribution in [3.8, 4) is 0 Å². The Balaban J connectivity index is 2.32. The van der Waals surface area contributed by atoms with Crippen molar-refractivity contribution in [1.82, 2.24) is 4.31 Å². The van der Waals surface area contributed by atoms with Gasteiger partial charge in [0.05, 0.1) is 11.5 Å². The van der Waals surface area contributed by atoms with Gasteiger partial charge in [0.25, 0.3) is 0 Å². The zero-order valence-electron chi connectivity index (χ0n) is 11.3. The number of rotatable bonds is 6. The van der Waals surface area contributed by atoms with Crippen molar-refractivity contribution in [3.05, 3.63) is 23.8 Å². The largest absolute Gasteiger partial charge is 0.399 e. The van der Waals surface area contributed by atoms with Crippen LogP contribution in [0.5, 0.6) is 0 Å². The summed E-state index contributed by atoms with van der Waals surface area (Å²) >= 11 is 0. The molecule has 0 amide bonds. The lowest BCUT2D eigenvalue weighted by Gasteiger charge is -2.22. The maximum absolute atomic E-state index is 12.6. The number of nitrogens with two attached hydrogens (primary N) is 1. The molecule has 0 aromatic heterocycles. The van der Waals surface area contributed by atoms with Gasteiger partial charge in [-0.2, -0.15) is 4.31 Å². The predicted octanol–water partition coefficient (Wildman–Crippen LogP) is 1.38. The summed E-state index contributed by atoms with van der Waals surface area (Å²) in [6.07, 6.45) is 1.84. The molecule has 1 aliphatic carbocycles. The summed E-state index contributed by atoms with van der Waals surface area (Å²) in [6, 6.07) is 5.05. The Morgan fingerprint density at radius 2 is 2.05 bits per heavy atom. The van der Waals surface area contributed by atoms with Crippen molar-refractivity contribution in [2.45, 2.75) is 30.7 Å². The minimum absolute atomic E-state index is 0.113. The second-order valence-corrected chi connectivity index (χ2v) is 6.81. The molecule has 6 heteroatoms. The van der Waals surface area contributed by atoms with E-state index in [0.717, 1.165) is 18.4 Å². The second-order valence-electron chi connectivity index (χ2n) is 4.92. The summed E-state index contributed by atoms with van der Waals surface area (Å²) in [6.45, 7) is 2.63. The topological polar surface area (TPSA) is 72.6 Å². The monoisotopic (exact) mass is 284 g/mol. The van der Waals surface area contributed by atoms with E-state index < -0.39 is 10.0 Å². The van der Waals surface area contributed by atoms with Crippen molar-refractivity contribution < 1.29 is 13.2 Å². The highest BCUT2D eigenvalue weighted by Gasteiger charge is 2.37. The van der Waals surface area contributed by atoms with Crippen LogP contribution < -0.4 is 5.73 Å². The first-order valence-corrected chi connectivity index (χ1v) is 7.77. The molecule has 1 aliphatic rings. The van der Waals surface area contributed by atoms with Crippen LogP contribution in [0.15, 0.2) is 23.1 Å². The van der Waals surface area contributed by atoms with E-state index in [2.05, 4.69) is 0 Å². The molecule has 0 atom stereocenters. The third-order valence-corrected chi connectivity index (χ3v) is 5.08. The molecule has 1 aromatic carbocycles. The van der Waals surface area contributed by atoms with Gasteiger partial charge in [-0.1, -0.05) is 0 Å². The molecule has 2 N–H and O–H groups in total. The minimum atomic E-state index is -3.48. The van der Waals surface area contributed by atoms with Crippen molar-refractivity contribution >= 4 is 15.7 Å². The van der Waals surface area contributed by atoms with Crippen LogP contribution in [-0.2, 0) is 14.8 Å². The molecule has 0 spiro atoms. The Hall–Kier alpha value is -1.11. The molecule has 0 heterocycles. The van der Waals surface area contributed by atoms with Gasteiger partial charge in [-0.3, -0.25) is 0 Å². The number of ether oxygens (including phenoxy) is 1. The van der Waals surface area contributed by atoms with Crippen molar-refractivity contribution in [2.75, 3.05) is 26.0 Å². The summed E-state index contributed by atoms with van der Waals surface area (Å²) in [5.41, 5.74) is 7.06. The van der Waals surface area contributed by atoms with E-state index in [9.17, 15) is 8.42 Å². The molecule has 0 unspecified atom stereocenters. The second kappa shape index (κ2) is 5.48. The van der Waals surface area contributed by atoms with Crippen molar-refractivity contribution in [1.29, 1.82) is 0 Å². The Morgan fingerprint density at radius 3 is 2.58 bits per heavy atom. The van der Waals surface area contributed by atoms with Gasteiger partial charge in [0.1, 0.15) is 0 Å². The standard InChI is InChI=1S/C13H20N2O3S/c1-10-7-11(14)9-13(8-10)19(16,17)15(5-6-18-2)12-3-4-12/h7-9,12H,3-6,14H2,1-2H3. The highest BCUT2D eigenvalue weighted by atomic mass is 32.2. The van der Waals surface area contributed by atoms with Crippen LogP contribution in [-0.4, -0.2) is 39.0 Å². The average molecular weight is 284 g/mol. The molecule has 1 fully saturated rings. The molecule has 5 nitrogen and oxygen atoms in total. The highest BCUT2D eigenvalue weighted by molar-refractivity contribution is 7.89. The number of aryl methyl sites for hydroxylation is 1. The number of hydrogen-bond acceptors (Lipinski definition) is 4. The van der Waals surface area contributed by atoms with E-state index in [1.807, 2.05) is 6.92 Å². The summed E-state index contributed by atoms with van der Waals surface area (Å²) in [5.74, 6) is 0. The van der Waals surface area contributed by atoms with E-state index in [1.54, 1.807) is 19.2 Å². The molecule has 0 aliphatic heterocycles. The first kappa shape index (κ1) is 14.3. The maximum Gasteiger partial charge on any atom is 0.243 e. The third-order valence-electron chi connectivity index (χ3n) is 3.15. The molecule has 106 valence electrons. The Morgan fingerprint density at radius 1 is 1.37 bits per heavy atom. The lowest BCUT2D eigenvalue weighted by atomic mass is 10.2. The van der Waals surface area contributed by atoms with Gasteiger partial charge >= 0.3 is 0 Å². The van der Waals surface area contributed by atoms with Crippen molar-refractivity contribution in [2.24, 2.45) is 0 Å². The number of sulfonamides is 1. The summed E-state index contributed by atoms with van der Waals surface area (Å²) in [7, 11) is -1.91. The van der Waals surface area contributed by atoms with Crippen LogP contribution in [0.3, 0.4) is 0 Å². The third kappa shape index (κ3) is 3.26. The fourth-order valence-electron chi connectivity index (χ4n) is 2.10. The highest BCUT2D eigenvalue weighted by Crippen LogP contribution is 2.32. The van der Waals surface area contributed by atoms with Crippen LogP contribution in [0.1, 0.15) is 18.4 Å². The number of anilines is 1. The van der Waals surface area contributed by atoms with Gasteiger partial charge in [0.15, 0.2) is 0 Å². The zero-order valence-corrected chi connectivity index (χ0v) is 12.1. The predicted molar refractivity (Wildman–Crippen MR) is 74.4 cm³/mol. The molecule has 0 bridgehead atoms. The number of benzene rings is 1. The summed E-state index contributed by atoms with van der Waals surface area (Å²) < 4.78 is 31.8. The normalized spacial score (nSPS) is 15.9. The number of methoxy groups -OCH3 is 1. The van der Waals surface area contributed by atoms with Crippen LogP contribution >= 0.6 is 0 Å². The molecule has 0 radical (unpaired) electrons. The molecule has 1 saturated carbocycles. The van der Waals surface area contributed by atoms with E-state index in [4.69, 9.17) is 10.5 Å². The van der Waals surface area contributed by atoms with Gasteiger partial charge in [0.2, 0.25) is 10.0 Å². The molecular formula is C13H20N2O3S. The van der Waals surface area contributed by atoms with Gasteiger partial charge < -0.3 is 10.5 Å². The molecular weight excluding hydrogens is 264 g/mol. The lowest BCUT2D eigenvalue weighted by molar-refractivity contribution is 0.177. The van der Waals surface area contributed by atoms with Gasteiger partial charge in [-0.05, 0) is 43.5 Å². The first-order chi connectivity index (χ1) is 8.95. The van der Waals surface area contributed by atoms with Gasteiger partial charge in [-0.15, -0.1) is 0 Å². The average Bonchev–Trinajstić information content (AvgIpc) is 3.12. The minimum Gasteiger partial charge on any atom is -0.399 e. The van der Waals surface area contributed by atoms with Crippen LogP contribution in [0, 0.1) is 6.92 Å². The number of hydrogen-bond donors (Lipinski definition) is 1. The lowest BCUT2D eigenvalue weighted by Crippen LogP contribution is -2.35. The quantitative estimate of drug-likeness (QED) is 0.801. The van der Waals surface area contributed by atoms with Crippen molar-refractivity contribution in [3.63, 3.8) is 0 Å². The Kier molecular flexibility index (Phi) is 4.13. The molecule has 1 aromatic rings. The van der Waals surface area contributed by atoms with Crippen LogP contribution in [0.2, 0.25) is 0 Å². The molecule has 2 rings (SSSR count). The zero-order chi connectivity index (χ0) is 14.0. The maximum atomic E-state index is 12.6. The Labute approximate surface area is 114 Å². The Bertz CT molecular complexity index is 533. The van der Waals surface area contributed by atoms with Crippen LogP contribution in [0.4, 0.5) is 5.69 Å². The van der Waals surface area contributed by atoms with E-state index in [0.29, 0.717) is 18.8 Å². The van der Waals surface area contributed by atoms with Gasteiger partial charge in [-0.25, -0.2) is 8.42 Å². The summed E-state index contributed by atoms with van der Waals surface area (Å²) in [4.78, 5) is 0.271. The van der Waals surface area contributed by atoms with Crippen LogP contribution in [0.25, 0.3) is 0 Å². The van der Waals surface area contributed by atoms with E-state index >= 15 is 0 Å². The molecule has 19 heavy (non-hydrogen) atoms. The van der Waals surface area contributed by atoms with E-state index in [1.165, 1.54) is 10.4 Å². The smallest absolute Gasteiger partial charge is 0.243 e. The SMILES string of the molecule is COCCN(C1CC1)S(=O)(=O)c1cc(C)cc(N)c1.